The molecule has 1 rings (SSSR count). The summed E-state index contributed by atoms with van der Waals surface area (Å²) in [5.74, 6) is 0.353. The van der Waals surface area contributed by atoms with Crippen molar-refractivity contribution in [2.24, 2.45) is 0 Å². The smallest absolute Gasteiger partial charge is 0.306 e. The fraction of sp³-hybridized carbons (Fsp3) is 0.143. The molecule has 7 heteroatoms. The molecule has 0 atom stereocenters. The van der Waals surface area contributed by atoms with Crippen LogP contribution in [0.1, 0.15) is 0 Å². The Labute approximate surface area is 127 Å². The molecule has 0 aliphatic carbocycles. The molecule has 0 aromatic heterocycles. The molecule has 3 nitrogen and oxygen atoms in total. The van der Waals surface area contributed by atoms with Crippen molar-refractivity contribution in [2.75, 3.05) is 6.26 Å². The molecule has 0 fully saturated rings. The second kappa shape index (κ2) is 6.05. The molecule has 0 saturated carbocycles. The molecule has 0 bridgehead atoms. The molecular formula is C7H6BrINaO3S. The minimum atomic E-state index is -3.43. The average molecular weight is 400 g/mol. The fourth-order valence-electron chi connectivity index (χ4n) is 0.706. The van der Waals surface area contributed by atoms with Gasteiger partial charge in [0.25, 0.3) is 0 Å². The zero-order chi connectivity index (χ0) is 10.1. The third-order valence-corrected chi connectivity index (χ3v) is 2.95. The average Bonchev–Trinajstić information content (AvgIpc) is 1.93. The Morgan fingerprint density at radius 2 is 2.00 bits per heavy atom. The van der Waals surface area contributed by atoms with E-state index < -0.39 is 10.1 Å². The molecular weight excluding hydrogens is 394 g/mol. The maximum atomic E-state index is 10.8. The van der Waals surface area contributed by atoms with E-state index in [4.69, 9.17) is 4.18 Å². The fourth-order valence-corrected chi connectivity index (χ4v) is 2.74. The van der Waals surface area contributed by atoms with Crippen molar-refractivity contribution in [1.82, 2.24) is 0 Å². The summed E-state index contributed by atoms with van der Waals surface area (Å²) in [5.41, 5.74) is 0. The molecule has 1 aromatic carbocycles. The molecule has 73 valence electrons. The number of halogens is 2. The standard InChI is InChI=1S/C7H6BrIO3S.Na/c1-13(10,11)12-7-3-2-5(8)4-6(7)9;/h2-4H,1H3;. The molecule has 0 unspecified atom stereocenters. The quantitative estimate of drug-likeness (QED) is 0.434. The Bertz CT molecular complexity index is 421. The van der Waals surface area contributed by atoms with Crippen molar-refractivity contribution in [3.63, 3.8) is 0 Å². The molecule has 0 spiro atoms. The van der Waals surface area contributed by atoms with Gasteiger partial charge in [-0.1, -0.05) is 15.9 Å². The van der Waals surface area contributed by atoms with Crippen molar-refractivity contribution >= 4 is 78.2 Å². The van der Waals surface area contributed by atoms with Crippen LogP contribution in [0.3, 0.4) is 0 Å². The number of hydrogen-bond acceptors (Lipinski definition) is 3. The largest absolute Gasteiger partial charge is 0.381 e. The normalized spacial score (nSPS) is 10.5. The minimum Gasteiger partial charge on any atom is -0.381 e. The maximum Gasteiger partial charge on any atom is 0.306 e. The summed E-state index contributed by atoms with van der Waals surface area (Å²) >= 11 is 5.27. The number of rotatable bonds is 2. The van der Waals surface area contributed by atoms with Gasteiger partial charge in [-0.05, 0) is 40.8 Å². The van der Waals surface area contributed by atoms with E-state index >= 15 is 0 Å². The predicted octanol–water partition coefficient (Wildman–Crippen LogP) is 2.01. The van der Waals surface area contributed by atoms with E-state index in [0.717, 1.165) is 14.3 Å². The molecule has 0 N–H and O–H groups in total. The van der Waals surface area contributed by atoms with Crippen LogP contribution in [-0.2, 0) is 10.1 Å². The van der Waals surface area contributed by atoms with Crippen molar-refractivity contribution in [2.45, 2.75) is 0 Å². The molecule has 0 saturated heterocycles. The van der Waals surface area contributed by atoms with Gasteiger partial charge in [-0.15, -0.1) is 0 Å². The first kappa shape index (κ1) is 15.2. The van der Waals surface area contributed by atoms with Gasteiger partial charge < -0.3 is 4.18 Å². The van der Waals surface area contributed by atoms with Gasteiger partial charge in [0, 0.05) is 34.0 Å². The predicted molar refractivity (Wildman–Crippen MR) is 68.1 cm³/mol. The Morgan fingerprint density at radius 1 is 1.43 bits per heavy atom. The molecule has 0 aliphatic rings. The van der Waals surface area contributed by atoms with Gasteiger partial charge >= 0.3 is 10.1 Å². The number of hydrogen-bond donors (Lipinski definition) is 0. The Kier molecular flexibility index (Phi) is 6.56. The van der Waals surface area contributed by atoms with Crippen LogP contribution in [0.15, 0.2) is 22.7 Å². The Balaban J connectivity index is 0.00000169. The first-order valence-electron chi connectivity index (χ1n) is 3.23. The molecule has 1 radical (unpaired) electrons. The molecule has 0 heterocycles. The molecule has 14 heavy (non-hydrogen) atoms. The Morgan fingerprint density at radius 3 is 2.43 bits per heavy atom. The maximum absolute atomic E-state index is 10.8. The summed E-state index contributed by atoms with van der Waals surface area (Å²) in [6.07, 6.45) is 1.02. The van der Waals surface area contributed by atoms with Gasteiger partial charge in [0.1, 0.15) is 0 Å². The van der Waals surface area contributed by atoms with Crippen LogP contribution in [0.5, 0.6) is 5.75 Å². The Hall–Kier alpha value is 1.18. The zero-order valence-corrected chi connectivity index (χ0v) is 14.2. The second-order valence-electron chi connectivity index (χ2n) is 2.36. The van der Waals surface area contributed by atoms with E-state index in [1.54, 1.807) is 18.2 Å². The van der Waals surface area contributed by atoms with Crippen LogP contribution < -0.4 is 4.18 Å². The molecule has 0 amide bonds. The van der Waals surface area contributed by atoms with Crippen LogP contribution in [0.2, 0.25) is 0 Å². The zero-order valence-electron chi connectivity index (χ0n) is 7.62. The van der Waals surface area contributed by atoms with Crippen LogP contribution in [0, 0.1) is 3.57 Å². The monoisotopic (exact) mass is 399 g/mol. The minimum absolute atomic E-state index is 0. The van der Waals surface area contributed by atoms with Crippen molar-refractivity contribution in [1.29, 1.82) is 0 Å². The third kappa shape index (κ3) is 5.32. The third-order valence-electron chi connectivity index (χ3n) is 1.14. The summed E-state index contributed by atoms with van der Waals surface area (Å²) < 4.78 is 28.0. The summed E-state index contributed by atoms with van der Waals surface area (Å²) in [6, 6.07) is 5.11. The number of benzene rings is 1. The van der Waals surface area contributed by atoms with E-state index in [1.807, 2.05) is 22.6 Å². The first-order chi connectivity index (χ1) is 5.88. The van der Waals surface area contributed by atoms with Crippen LogP contribution in [0.4, 0.5) is 0 Å². The summed E-state index contributed by atoms with van der Waals surface area (Å²) in [5, 5.41) is 0. The van der Waals surface area contributed by atoms with Gasteiger partial charge in [0.05, 0.1) is 9.83 Å². The summed E-state index contributed by atoms with van der Waals surface area (Å²) in [7, 11) is -3.43. The summed E-state index contributed by atoms with van der Waals surface area (Å²) in [4.78, 5) is 0. The van der Waals surface area contributed by atoms with Crippen LogP contribution >= 0.6 is 38.5 Å². The van der Waals surface area contributed by atoms with Gasteiger partial charge in [-0.3, -0.25) is 0 Å². The second-order valence-corrected chi connectivity index (χ2v) is 6.01. The SMILES string of the molecule is CS(=O)(=O)Oc1ccc(Br)cc1I.[Na]. The van der Waals surface area contributed by atoms with Crippen molar-refractivity contribution in [3.8, 4) is 5.75 Å². The molecule has 1 aromatic rings. The van der Waals surface area contributed by atoms with Crippen LogP contribution in [-0.4, -0.2) is 44.2 Å². The van der Waals surface area contributed by atoms with Gasteiger partial charge in [0.2, 0.25) is 0 Å². The topological polar surface area (TPSA) is 43.4 Å². The van der Waals surface area contributed by atoms with Gasteiger partial charge in [-0.25, -0.2) is 0 Å². The summed E-state index contributed by atoms with van der Waals surface area (Å²) in [6.45, 7) is 0. The van der Waals surface area contributed by atoms with Crippen molar-refractivity contribution in [3.05, 3.63) is 26.2 Å². The van der Waals surface area contributed by atoms with E-state index in [9.17, 15) is 8.42 Å². The van der Waals surface area contributed by atoms with Crippen molar-refractivity contribution < 1.29 is 12.6 Å². The van der Waals surface area contributed by atoms with Gasteiger partial charge in [-0.2, -0.15) is 8.42 Å². The van der Waals surface area contributed by atoms with Gasteiger partial charge in [0.15, 0.2) is 5.75 Å². The van der Waals surface area contributed by atoms with E-state index in [1.165, 1.54) is 0 Å². The van der Waals surface area contributed by atoms with E-state index in [-0.39, 0.29) is 29.6 Å². The molecule has 0 aliphatic heterocycles. The van der Waals surface area contributed by atoms with E-state index in [0.29, 0.717) is 5.75 Å². The first-order valence-corrected chi connectivity index (χ1v) is 6.92. The van der Waals surface area contributed by atoms with E-state index in [2.05, 4.69) is 15.9 Å². The van der Waals surface area contributed by atoms with Crippen LogP contribution in [0.25, 0.3) is 0 Å².